The normalized spacial score (nSPS) is 22.5. The van der Waals surface area contributed by atoms with Gasteiger partial charge < -0.3 is 40.3 Å². The Hall–Kier alpha value is -0.810. The molecule has 1 amide bonds. The lowest BCUT2D eigenvalue weighted by molar-refractivity contribution is -0.302. The number of aliphatic hydroxyl groups is 5. The first-order valence-corrected chi connectivity index (χ1v) is 20.2. The highest BCUT2D eigenvalue weighted by atomic mass is 16.7. The third-order valence-electron chi connectivity index (χ3n) is 9.96. The average Bonchev–Trinajstić information content (AvgIpc) is 3.08. The third-order valence-corrected chi connectivity index (χ3v) is 9.96. The number of nitrogens with one attached hydrogen (secondary N) is 1. The summed E-state index contributed by atoms with van der Waals surface area (Å²) in [7, 11) is 0. The van der Waals surface area contributed by atoms with E-state index in [4.69, 9.17) is 9.47 Å². The quantitative estimate of drug-likeness (QED) is 0.0396. The minimum atomic E-state index is -1.55. The number of ether oxygens (including phenoxy) is 2. The van der Waals surface area contributed by atoms with Crippen LogP contribution in [0.5, 0.6) is 0 Å². The van der Waals surface area contributed by atoms with Gasteiger partial charge in [0.2, 0.25) is 5.91 Å². The predicted octanol–water partition coefficient (Wildman–Crippen LogP) is 7.22. The molecule has 0 aliphatic carbocycles. The van der Waals surface area contributed by atoms with Gasteiger partial charge in [-0.15, -0.1) is 0 Å². The van der Waals surface area contributed by atoms with Crippen molar-refractivity contribution in [2.45, 2.75) is 230 Å². The molecule has 7 atom stereocenters. The van der Waals surface area contributed by atoms with E-state index in [1.54, 1.807) is 0 Å². The summed E-state index contributed by atoms with van der Waals surface area (Å²) in [6.07, 6.45) is 24.0. The van der Waals surface area contributed by atoms with Crippen molar-refractivity contribution in [3.63, 3.8) is 0 Å². The molecule has 286 valence electrons. The Balaban J connectivity index is 2.36. The number of rotatable bonds is 33. The first-order valence-electron chi connectivity index (χ1n) is 20.2. The van der Waals surface area contributed by atoms with Crippen LogP contribution in [0, 0.1) is 0 Å². The number of aliphatic hydroxyl groups excluding tert-OH is 5. The van der Waals surface area contributed by atoms with Gasteiger partial charge in [-0.3, -0.25) is 4.79 Å². The van der Waals surface area contributed by atoms with Crippen molar-refractivity contribution < 1.29 is 39.8 Å². The zero-order valence-corrected chi connectivity index (χ0v) is 31.0. The zero-order valence-electron chi connectivity index (χ0n) is 31.0. The highest BCUT2D eigenvalue weighted by molar-refractivity contribution is 5.76. The van der Waals surface area contributed by atoms with Crippen LogP contribution in [0.15, 0.2) is 0 Å². The topological polar surface area (TPSA) is 149 Å². The summed E-state index contributed by atoms with van der Waals surface area (Å²) in [5.74, 6) is -0.147. The molecule has 7 unspecified atom stereocenters. The summed E-state index contributed by atoms with van der Waals surface area (Å²) in [5, 5.41) is 54.0. The number of hydrogen-bond acceptors (Lipinski definition) is 8. The Morgan fingerprint density at radius 3 is 1.48 bits per heavy atom. The first-order chi connectivity index (χ1) is 23.3. The van der Waals surface area contributed by atoms with E-state index in [0.717, 1.165) is 38.5 Å². The molecule has 0 saturated carbocycles. The summed E-state index contributed by atoms with van der Waals surface area (Å²) in [4.78, 5) is 12.8. The summed E-state index contributed by atoms with van der Waals surface area (Å²) in [5.41, 5.74) is 0. The van der Waals surface area contributed by atoms with Gasteiger partial charge in [0, 0.05) is 6.42 Å². The number of amides is 1. The smallest absolute Gasteiger partial charge is 0.220 e. The summed E-state index contributed by atoms with van der Waals surface area (Å²) < 4.78 is 11.2. The van der Waals surface area contributed by atoms with Crippen LogP contribution in [0.25, 0.3) is 0 Å². The molecule has 0 aromatic rings. The second-order valence-electron chi connectivity index (χ2n) is 14.4. The van der Waals surface area contributed by atoms with Gasteiger partial charge in [-0.2, -0.15) is 0 Å². The molecular formula is C39H77NO8. The molecule has 1 rings (SSSR count). The van der Waals surface area contributed by atoms with Gasteiger partial charge in [-0.1, -0.05) is 168 Å². The second kappa shape index (κ2) is 31.0. The number of unbranched alkanes of at least 4 members (excludes halogenated alkanes) is 23. The highest BCUT2D eigenvalue weighted by Gasteiger charge is 2.44. The van der Waals surface area contributed by atoms with Crippen LogP contribution in [-0.4, -0.2) is 87.5 Å². The van der Waals surface area contributed by atoms with Gasteiger partial charge in [0.15, 0.2) is 6.29 Å². The van der Waals surface area contributed by atoms with E-state index >= 15 is 0 Å². The van der Waals surface area contributed by atoms with Crippen molar-refractivity contribution in [2.75, 3.05) is 13.2 Å². The van der Waals surface area contributed by atoms with E-state index in [0.29, 0.717) is 12.8 Å². The minimum absolute atomic E-state index is 0.133. The molecule has 0 aromatic carbocycles. The average molecular weight is 688 g/mol. The molecule has 48 heavy (non-hydrogen) atoms. The fourth-order valence-electron chi connectivity index (χ4n) is 6.63. The van der Waals surface area contributed by atoms with Crippen LogP contribution in [0.2, 0.25) is 0 Å². The molecule has 1 saturated heterocycles. The van der Waals surface area contributed by atoms with E-state index < -0.39 is 49.5 Å². The highest BCUT2D eigenvalue weighted by Crippen LogP contribution is 2.23. The van der Waals surface area contributed by atoms with Crippen LogP contribution >= 0.6 is 0 Å². The largest absolute Gasteiger partial charge is 0.394 e. The molecule has 1 aliphatic rings. The maximum atomic E-state index is 12.8. The van der Waals surface area contributed by atoms with Crippen LogP contribution in [-0.2, 0) is 14.3 Å². The van der Waals surface area contributed by atoms with Gasteiger partial charge >= 0.3 is 0 Å². The van der Waals surface area contributed by atoms with Crippen molar-refractivity contribution in [3.8, 4) is 0 Å². The molecule has 0 radical (unpaired) electrons. The standard InChI is InChI=1S/C39H77NO8/c1-3-5-7-9-11-13-14-15-16-17-18-19-21-22-24-26-28-33(42)32(31-47-39-38(46)37(45)36(44)34(30-41)48-39)40-35(43)29-27-25-23-20-12-10-8-6-4-2/h32-34,36-39,41-42,44-46H,3-31H2,1-2H3,(H,40,43). The number of carbonyl (C=O) groups excluding carboxylic acids is 1. The van der Waals surface area contributed by atoms with Gasteiger partial charge in [-0.05, 0) is 12.8 Å². The van der Waals surface area contributed by atoms with Crippen molar-refractivity contribution in [2.24, 2.45) is 0 Å². The van der Waals surface area contributed by atoms with Crippen LogP contribution in [0.1, 0.15) is 187 Å². The lowest BCUT2D eigenvalue weighted by atomic mass is 9.99. The molecule has 1 aliphatic heterocycles. The van der Waals surface area contributed by atoms with Gasteiger partial charge in [0.25, 0.3) is 0 Å². The van der Waals surface area contributed by atoms with Crippen LogP contribution in [0.3, 0.4) is 0 Å². The van der Waals surface area contributed by atoms with Crippen LogP contribution < -0.4 is 5.32 Å². The minimum Gasteiger partial charge on any atom is -0.394 e. The predicted molar refractivity (Wildman–Crippen MR) is 194 cm³/mol. The monoisotopic (exact) mass is 688 g/mol. The van der Waals surface area contributed by atoms with Gasteiger partial charge in [0.05, 0.1) is 25.4 Å². The fourth-order valence-corrected chi connectivity index (χ4v) is 6.63. The van der Waals surface area contributed by atoms with Gasteiger partial charge in [0.1, 0.15) is 24.4 Å². The van der Waals surface area contributed by atoms with E-state index in [2.05, 4.69) is 19.2 Å². The van der Waals surface area contributed by atoms with E-state index in [1.807, 2.05) is 0 Å². The summed E-state index contributed by atoms with van der Waals surface area (Å²) >= 11 is 0. The van der Waals surface area contributed by atoms with Crippen molar-refractivity contribution in [3.05, 3.63) is 0 Å². The van der Waals surface area contributed by atoms with E-state index in [9.17, 15) is 30.3 Å². The lowest BCUT2D eigenvalue weighted by Crippen LogP contribution is -2.60. The molecule has 1 heterocycles. The fraction of sp³-hybridized carbons (Fsp3) is 0.974. The van der Waals surface area contributed by atoms with Gasteiger partial charge in [-0.25, -0.2) is 0 Å². The maximum Gasteiger partial charge on any atom is 0.220 e. The van der Waals surface area contributed by atoms with E-state index in [-0.39, 0.29) is 12.5 Å². The molecular weight excluding hydrogens is 610 g/mol. The Kier molecular flexibility index (Phi) is 29.2. The lowest BCUT2D eigenvalue weighted by Gasteiger charge is -2.40. The Morgan fingerprint density at radius 2 is 1.04 bits per heavy atom. The molecule has 9 heteroatoms. The Labute approximate surface area is 294 Å². The zero-order chi connectivity index (χ0) is 35.2. The molecule has 9 nitrogen and oxygen atoms in total. The maximum absolute atomic E-state index is 12.8. The van der Waals surface area contributed by atoms with Crippen molar-refractivity contribution >= 4 is 5.91 Å². The number of carbonyl (C=O) groups is 1. The van der Waals surface area contributed by atoms with Crippen molar-refractivity contribution in [1.29, 1.82) is 0 Å². The summed E-state index contributed by atoms with van der Waals surface area (Å²) in [6.45, 7) is 3.80. The molecule has 6 N–H and O–H groups in total. The first kappa shape index (κ1) is 45.2. The van der Waals surface area contributed by atoms with E-state index in [1.165, 1.54) is 122 Å². The van der Waals surface area contributed by atoms with Crippen LogP contribution in [0.4, 0.5) is 0 Å². The molecule has 0 spiro atoms. The van der Waals surface area contributed by atoms with Crippen molar-refractivity contribution in [1.82, 2.24) is 5.32 Å². The summed E-state index contributed by atoms with van der Waals surface area (Å²) in [6, 6.07) is -0.709. The third kappa shape index (κ3) is 22.1. The molecule has 0 aromatic heterocycles. The molecule has 1 fully saturated rings. The number of hydrogen-bond donors (Lipinski definition) is 6. The second-order valence-corrected chi connectivity index (χ2v) is 14.4. The Morgan fingerprint density at radius 1 is 0.625 bits per heavy atom. The Bertz CT molecular complexity index is 726. The SMILES string of the molecule is CCCCCCCCCCCCCCCCCCC(O)C(COC1OC(CO)C(O)C(O)C1O)NC(=O)CCCCCCCCCCC. The molecule has 0 bridgehead atoms.